The SMILES string of the molecule is Brc1ccc(-c2c[c]sc2)s1. The molecule has 0 saturated carbocycles. The number of halogens is 1. The van der Waals surface area contributed by atoms with Crippen LogP contribution in [0.1, 0.15) is 0 Å². The van der Waals surface area contributed by atoms with Crippen molar-refractivity contribution in [1.82, 2.24) is 0 Å². The normalized spacial score (nSPS) is 10.3. The first-order valence-corrected chi connectivity index (χ1v) is 5.55. The Labute approximate surface area is 81.6 Å². The average Bonchev–Trinajstić information content (AvgIpc) is 2.55. The summed E-state index contributed by atoms with van der Waals surface area (Å²) in [4.78, 5) is 1.30. The highest BCUT2D eigenvalue weighted by Crippen LogP contribution is 2.31. The van der Waals surface area contributed by atoms with Gasteiger partial charge in [0.25, 0.3) is 0 Å². The summed E-state index contributed by atoms with van der Waals surface area (Å²) >= 11 is 6.79. The molecule has 0 bridgehead atoms. The molecule has 0 amide bonds. The monoisotopic (exact) mass is 243 g/mol. The Kier molecular flexibility index (Phi) is 2.11. The number of hydrogen-bond acceptors (Lipinski definition) is 2. The Hall–Kier alpha value is -0.120. The summed E-state index contributed by atoms with van der Waals surface area (Å²) in [7, 11) is 0. The van der Waals surface area contributed by atoms with Gasteiger partial charge in [0.05, 0.1) is 3.79 Å². The zero-order chi connectivity index (χ0) is 7.68. The maximum atomic E-state index is 3.43. The predicted octanol–water partition coefficient (Wildman–Crippen LogP) is 4.04. The van der Waals surface area contributed by atoms with Crippen LogP contribution in [0.3, 0.4) is 0 Å². The molecule has 2 heterocycles. The molecular formula is C8H4BrS2. The van der Waals surface area contributed by atoms with Crippen LogP contribution in [0.15, 0.2) is 27.4 Å². The van der Waals surface area contributed by atoms with E-state index in [0.29, 0.717) is 0 Å². The summed E-state index contributed by atoms with van der Waals surface area (Å²) in [6.45, 7) is 0. The van der Waals surface area contributed by atoms with Crippen molar-refractivity contribution in [2.45, 2.75) is 0 Å². The van der Waals surface area contributed by atoms with Crippen LogP contribution in [-0.4, -0.2) is 0 Å². The van der Waals surface area contributed by atoms with Crippen molar-refractivity contribution < 1.29 is 0 Å². The highest BCUT2D eigenvalue weighted by atomic mass is 79.9. The molecule has 0 aliphatic rings. The van der Waals surface area contributed by atoms with Gasteiger partial charge in [0.2, 0.25) is 0 Å². The minimum atomic E-state index is 1.18. The van der Waals surface area contributed by atoms with E-state index in [4.69, 9.17) is 0 Å². The molecular weight excluding hydrogens is 240 g/mol. The number of thiophene rings is 2. The van der Waals surface area contributed by atoms with Gasteiger partial charge in [-0.05, 0) is 34.1 Å². The maximum absolute atomic E-state index is 3.43. The molecule has 0 unspecified atom stereocenters. The van der Waals surface area contributed by atoms with E-state index >= 15 is 0 Å². The van der Waals surface area contributed by atoms with Crippen LogP contribution in [0.25, 0.3) is 10.4 Å². The van der Waals surface area contributed by atoms with E-state index in [9.17, 15) is 0 Å². The third kappa shape index (κ3) is 1.55. The summed E-state index contributed by atoms with van der Waals surface area (Å²) in [5.41, 5.74) is 1.27. The van der Waals surface area contributed by atoms with E-state index in [1.807, 2.05) is 6.07 Å². The molecule has 2 aromatic rings. The first kappa shape index (κ1) is 7.53. The van der Waals surface area contributed by atoms with Crippen LogP contribution in [0.5, 0.6) is 0 Å². The van der Waals surface area contributed by atoms with E-state index in [1.165, 1.54) is 14.2 Å². The zero-order valence-electron chi connectivity index (χ0n) is 5.50. The van der Waals surface area contributed by atoms with E-state index in [2.05, 4.69) is 38.8 Å². The fourth-order valence-electron chi connectivity index (χ4n) is 0.828. The Balaban J connectivity index is 2.45. The lowest BCUT2D eigenvalue weighted by atomic mass is 10.3. The molecule has 11 heavy (non-hydrogen) atoms. The number of hydrogen-bond donors (Lipinski definition) is 0. The highest BCUT2D eigenvalue weighted by Gasteiger charge is 1.99. The first-order chi connectivity index (χ1) is 5.36. The summed E-state index contributed by atoms with van der Waals surface area (Å²) in [6, 6.07) is 6.20. The van der Waals surface area contributed by atoms with E-state index < -0.39 is 0 Å². The topological polar surface area (TPSA) is 0 Å². The van der Waals surface area contributed by atoms with Crippen LogP contribution in [0.2, 0.25) is 0 Å². The van der Waals surface area contributed by atoms with Gasteiger partial charge in [-0.2, -0.15) is 0 Å². The molecule has 0 fully saturated rings. The second-order valence-corrected chi connectivity index (χ2v) is 5.23. The summed E-state index contributed by atoms with van der Waals surface area (Å²) < 4.78 is 1.18. The van der Waals surface area contributed by atoms with E-state index in [0.717, 1.165) is 0 Å². The minimum absolute atomic E-state index is 1.18. The van der Waals surface area contributed by atoms with Crippen molar-refractivity contribution >= 4 is 38.6 Å². The van der Waals surface area contributed by atoms with Gasteiger partial charge < -0.3 is 0 Å². The number of rotatable bonds is 1. The van der Waals surface area contributed by atoms with Gasteiger partial charge in [0, 0.05) is 21.2 Å². The van der Waals surface area contributed by atoms with Crippen molar-refractivity contribution in [3.05, 3.63) is 32.7 Å². The fourth-order valence-corrected chi connectivity index (χ4v) is 2.86. The molecule has 0 N–H and O–H groups in total. The molecule has 55 valence electrons. The van der Waals surface area contributed by atoms with Crippen molar-refractivity contribution in [3.63, 3.8) is 0 Å². The second-order valence-electron chi connectivity index (χ2n) is 2.06. The van der Waals surface area contributed by atoms with Crippen molar-refractivity contribution in [2.75, 3.05) is 0 Å². The lowest BCUT2D eigenvalue weighted by Crippen LogP contribution is -1.58. The van der Waals surface area contributed by atoms with Gasteiger partial charge >= 0.3 is 0 Å². The lowest BCUT2D eigenvalue weighted by molar-refractivity contribution is 1.88. The van der Waals surface area contributed by atoms with Crippen LogP contribution in [0.4, 0.5) is 0 Å². The molecule has 0 aromatic carbocycles. The fraction of sp³-hybridized carbons (Fsp3) is 0. The molecule has 3 heteroatoms. The summed E-state index contributed by atoms with van der Waals surface area (Å²) in [5, 5.41) is 5.18. The van der Waals surface area contributed by atoms with E-state index in [1.54, 1.807) is 22.7 Å². The van der Waals surface area contributed by atoms with Gasteiger partial charge in [-0.25, -0.2) is 0 Å². The lowest BCUT2D eigenvalue weighted by Gasteiger charge is -1.85. The maximum Gasteiger partial charge on any atom is 0.0705 e. The second kappa shape index (κ2) is 3.09. The quantitative estimate of drug-likeness (QED) is 0.710. The van der Waals surface area contributed by atoms with Gasteiger partial charge in [-0.15, -0.1) is 22.7 Å². The summed E-state index contributed by atoms with van der Waals surface area (Å²) in [5.74, 6) is 0. The Morgan fingerprint density at radius 1 is 1.36 bits per heavy atom. The predicted molar refractivity (Wildman–Crippen MR) is 54.2 cm³/mol. The van der Waals surface area contributed by atoms with Gasteiger partial charge in [-0.1, -0.05) is 0 Å². The van der Waals surface area contributed by atoms with Crippen molar-refractivity contribution in [1.29, 1.82) is 0 Å². The van der Waals surface area contributed by atoms with Crippen LogP contribution >= 0.6 is 38.6 Å². The Morgan fingerprint density at radius 3 is 2.82 bits per heavy atom. The zero-order valence-corrected chi connectivity index (χ0v) is 8.72. The smallest absolute Gasteiger partial charge is 0.0705 e. The van der Waals surface area contributed by atoms with Crippen molar-refractivity contribution in [2.24, 2.45) is 0 Å². The third-order valence-electron chi connectivity index (χ3n) is 1.33. The largest absolute Gasteiger partial charge is 0.142 e. The molecule has 0 spiro atoms. The molecule has 1 radical (unpaired) electrons. The van der Waals surface area contributed by atoms with Gasteiger partial charge in [-0.3, -0.25) is 0 Å². The van der Waals surface area contributed by atoms with Crippen LogP contribution in [0, 0.1) is 5.38 Å². The van der Waals surface area contributed by atoms with Crippen LogP contribution < -0.4 is 0 Å². The standard InChI is InChI=1S/C8H4BrS2/c9-8-2-1-7(11-8)6-3-4-10-5-6/h1-3,5H. The Morgan fingerprint density at radius 2 is 2.27 bits per heavy atom. The van der Waals surface area contributed by atoms with Crippen molar-refractivity contribution in [3.8, 4) is 10.4 Å². The van der Waals surface area contributed by atoms with Crippen LogP contribution in [-0.2, 0) is 0 Å². The molecule has 0 atom stereocenters. The molecule has 0 aliphatic heterocycles. The molecule has 0 aliphatic carbocycles. The Bertz CT molecular complexity index is 335. The first-order valence-electron chi connectivity index (χ1n) is 3.06. The van der Waals surface area contributed by atoms with Gasteiger partial charge in [0.15, 0.2) is 0 Å². The molecule has 0 saturated heterocycles. The highest BCUT2D eigenvalue weighted by molar-refractivity contribution is 9.11. The van der Waals surface area contributed by atoms with E-state index in [-0.39, 0.29) is 0 Å². The minimum Gasteiger partial charge on any atom is -0.142 e. The molecule has 0 nitrogen and oxygen atoms in total. The average molecular weight is 244 g/mol. The molecule has 2 aromatic heterocycles. The molecule has 2 rings (SSSR count). The summed E-state index contributed by atoms with van der Waals surface area (Å²) in [6.07, 6.45) is 0. The third-order valence-corrected chi connectivity index (χ3v) is 3.62. The van der Waals surface area contributed by atoms with Gasteiger partial charge in [0.1, 0.15) is 0 Å².